The second-order valence-corrected chi connectivity index (χ2v) is 8.40. The van der Waals surface area contributed by atoms with Gasteiger partial charge in [0.25, 0.3) is 0 Å². The van der Waals surface area contributed by atoms with Crippen molar-refractivity contribution in [2.24, 2.45) is 0 Å². The fraction of sp³-hybridized carbons (Fsp3) is 0.560. The van der Waals surface area contributed by atoms with Crippen LogP contribution in [0.25, 0.3) is 0 Å². The minimum Gasteiger partial charge on any atom is -0.480 e. The van der Waals surface area contributed by atoms with Crippen LogP contribution in [0.4, 0.5) is 0 Å². The van der Waals surface area contributed by atoms with Crippen LogP contribution < -0.4 is 10.1 Å². The van der Waals surface area contributed by atoms with Gasteiger partial charge in [-0.05, 0) is 50.6 Å². The summed E-state index contributed by atoms with van der Waals surface area (Å²) in [5.74, 6) is -2.03. The summed E-state index contributed by atoms with van der Waals surface area (Å²) in [6, 6.07) is 7.57. The molecule has 0 radical (unpaired) electrons. The summed E-state index contributed by atoms with van der Waals surface area (Å²) in [6.45, 7) is 11.6. The van der Waals surface area contributed by atoms with Crippen LogP contribution in [0.15, 0.2) is 36.4 Å². The van der Waals surface area contributed by atoms with Gasteiger partial charge in [-0.15, -0.1) is 0 Å². The molecule has 1 aromatic carbocycles. The number of amides is 1. The number of carboxylic acid groups (broad SMARTS) is 1. The molecule has 1 aromatic rings. The fourth-order valence-corrected chi connectivity index (χ4v) is 3.82. The molecule has 1 heterocycles. The van der Waals surface area contributed by atoms with Gasteiger partial charge in [0.2, 0.25) is 5.91 Å². The average molecular weight is 447 g/mol. The van der Waals surface area contributed by atoms with Gasteiger partial charge >= 0.3 is 11.9 Å². The number of ether oxygens (including phenoxy) is 1. The average Bonchev–Trinajstić information content (AvgIpc) is 2.95. The molecule has 1 amide bonds. The molecule has 0 aliphatic carbocycles. The monoisotopic (exact) mass is 446 g/mol. The van der Waals surface area contributed by atoms with Crippen LogP contribution in [0.2, 0.25) is 0 Å². The predicted molar refractivity (Wildman–Crippen MR) is 126 cm³/mol. The van der Waals surface area contributed by atoms with E-state index >= 15 is 0 Å². The summed E-state index contributed by atoms with van der Waals surface area (Å²) >= 11 is 0. The van der Waals surface area contributed by atoms with Gasteiger partial charge in [0.1, 0.15) is 12.3 Å². The molecule has 0 bridgehead atoms. The molecular formula is C25H38N2O5. The zero-order chi connectivity index (χ0) is 24.1. The zero-order valence-corrected chi connectivity index (χ0v) is 19.9. The highest BCUT2D eigenvalue weighted by Gasteiger charge is 2.33. The smallest absolute Gasteiger partial charge is 0.339 e. The second kappa shape index (κ2) is 13.7. The summed E-state index contributed by atoms with van der Waals surface area (Å²) in [5, 5.41) is 10.8. The number of benzene rings is 1. The van der Waals surface area contributed by atoms with Gasteiger partial charge in [0.05, 0.1) is 6.42 Å². The summed E-state index contributed by atoms with van der Waals surface area (Å²) in [4.78, 5) is 36.8. The molecule has 1 saturated heterocycles. The number of likely N-dealkylation sites (N-methyl/N-ethyl adjacent to an activating group) is 1. The molecule has 32 heavy (non-hydrogen) atoms. The lowest BCUT2D eigenvalue weighted by Gasteiger charge is -2.35. The number of carbonyl (C=O) groups is 3. The number of nitrogens with one attached hydrogen (secondary N) is 1. The topological polar surface area (TPSA) is 95.9 Å². The van der Waals surface area contributed by atoms with Gasteiger partial charge < -0.3 is 20.1 Å². The zero-order valence-electron chi connectivity index (χ0n) is 19.9. The molecular weight excluding hydrogens is 408 g/mol. The number of carbonyl (C=O) groups excluding carboxylic acids is 2. The number of carboxylic acids is 1. The third-order valence-corrected chi connectivity index (χ3v) is 5.45. The molecule has 1 fully saturated rings. The number of nitrogens with zero attached hydrogens (tertiary/aromatic N) is 1. The Morgan fingerprint density at radius 3 is 2.53 bits per heavy atom. The number of rotatable bonds is 8. The number of aliphatic carboxylic acids is 1. The number of likely N-dealkylation sites (tertiary alicyclic amines) is 1. The Kier molecular flexibility index (Phi) is 11.7. The Balaban J connectivity index is 0.00000161. The number of hydrogen-bond donors (Lipinski definition) is 2. The minimum absolute atomic E-state index is 0.0153. The summed E-state index contributed by atoms with van der Waals surface area (Å²) in [7, 11) is 2.14. The Labute approximate surface area is 191 Å². The lowest BCUT2D eigenvalue weighted by molar-refractivity contribution is -0.137. The predicted octanol–water partition coefficient (Wildman–Crippen LogP) is 3.92. The molecule has 0 saturated carbocycles. The highest BCUT2D eigenvalue weighted by molar-refractivity contribution is 5.96. The maximum absolute atomic E-state index is 12.3. The Hall–Kier alpha value is -2.67. The highest BCUT2D eigenvalue weighted by atomic mass is 16.5. The molecule has 1 unspecified atom stereocenters. The Morgan fingerprint density at radius 2 is 1.91 bits per heavy atom. The third kappa shape index (κ3) is 8.83. The van der Waals surface area contributed by atoms with E-state index in [0.29, 0.717) is 5.75 Å². The van der Waals surface area contributed by atoms with Crippen LogP contribution in [0.3, 0.4) is 0 Å². The van der Waals surface area contributed by atoms with E-state index in [1.165, 1.54) is 12.8 Å². The van der Waals surface area contributed by atoms with E-state index in [1.54, 1.807) is 6.07 Å². The van der Waals surface area contributed by atoms with E-state index in [9.17, 15) is 14.4 Å². The lowest BCUT2D eigenvalue weighted by atomic mass is 9.74. The summed E-state index contributed by atoms with van der Waals surface area (Å²) in [5.41, 5.74) is 1.13. The molecule has 7 heteroatoms. The number of hydrogen-bond acceptors (Lipinski definition) is 5. The highest BCUT2D eigenvalue weighted by Crippen LogP contribution is 2.37. The molecule has 178 valence electrons. The van der Waals surface area contributed by atoms with Crippen molar-refractivity contribution >= 4 is 17.8 Å². The van der Waals surface area contributed by atoms with Gasteiger partial charge in [-0.25, -0.2) is 4.79 Å². The van der Waals surface area contributed by atoms with Crippen LogP contribution in [0.5, 0.6) is 5.75 Å². The van der Waals surface area contributed by atoms with Crippen molar-refractivity contribution in [2.45, 2.75) is 64.7 Å². The van der Waals surface area contributed by atoms with Crippen molar-refractivity contribution in [3.05, 3.63) is 42.0 Å². The molecule has 7 nitrogen and oxygen atoms in total. The Bertz CT molecular complexity index is 792. The van der Waals surface area contributed by atoms with E-state index < -0.39 is 24.4 Å². The van der Waals surface area contributed by atoms with Gasteiger partial charge in [-0.2, -0.15) is 0 Å². The van der Waals surface area contributed by atoms with Gasteiger partial charge in [-0.3, -0.25) is 9.59 Å². The second-order valence-electron chi connectivity index (χ2n) is 8.40. The SMILES string of the molecule is C=C(CC(=O)NCC(=O)O)C(=O)Oc1cccc(C2(CC)CCCCN(C)C2)c1.CCC. The maximum atomic E-state index is 12.3. The minimum atomic E-state index is -1.16. The van der Waals surface area contributed by atoms with Gasteiger partial charge in [-0.1, -0.05) is 52.3 Å². The van der Waals surface area contributed by atoms with E-state index in [0.717, 1.165) is 37.9 Å². The first-order valence-corrected chi connectivity index (χ1v) is 11.3. The quantitative estimate of drug-likeness (QED) is 0.357. The molecule has 1 atom stereocenters. The molecule has 0 spiro atoms. The summed E-state index contributed by atoms with van der Waals surface area (Å²) in [6.07, 6.45) is 5.35. The standard InChI is InChI=1S/C22H30N2O5.C3H8/c1-4-22(10-5-6-11-24(3)15-22)17-8-7-9-18(13-17)29-21(28)16(2)12-19(25)23-14-20(26)27;1-3-2/h7-9,13H,2,4-6,10-12,14-15H2,1,3H3,(H,23,25)(H,26,27);3H2,1-2H3. The van der Waals surface area contributed by atoms with E-state index in [-0.39, 0.29) is 17.4 Å². The molecule has 1 aliphatic heterocycles. The normalized spacial score (nSPS) is 18.5. The first-order valence-electron chi connectivity index (χ1n) is 11.3. The van der Waals surface area contributed by atoms with E-state index in [1.807, 2.05) is 12.1 Å². The van der Waals surface area contributed by atoms with Gasteiger partial charge in [0, 0.05) is 17.5 Å². The lowest BCUT2D eigenvalue weighted by Crippen LogP contribution is -2.37. The van der Waals surface area contributed by atoms with Crippen molar-refractivity contribution in [1.29, 1.82) is 0 Å². The first-order chi connectivity index (χ1) is 15.2. The third-order valence-electron chi connectivity index (χ3n) is 5.45. The van der Waals surface area contributed by atoms with Crippen molar-refractivity contribution < 1.29 is 24.2 Å². The summed E-state index contributed by atoms with van der Waals surface area (Å²) < 4.78 is 5.43. The fourth-order valence-electron chi connectivity index (χ4n) is 3.82. The molecule has 0 aromatic heterocycles. The molecule has 2 rings (SSSR count). The van der Waals surface area contributed by atoms with Crippen molar-refractivity contribution in [2.75, 3.05) is 26.7 Å². The van der Waals surface area contributed by atoms with Crippen LogP contribution >= 0.6 is 0 Å². The van der Waals surface area contributed by atoms with Crippen LogP contribution in [0.1, 0.15) is 64.9 Å². The number of esters is 1. The molecule has 2 N–H and O–H groups in total. The van der Waals surface area contributed by atoms with E-state index in [2.05, 4.69) is 50.7 Å². The van der Waals surface area contributed by atoms with E-state index in [4.69, 9.17) is 9.84 Å². The first kappa shape index (κ1) is 27.4. The molecule has 1 aliphatic rings. The Morgan fingerprint density at radius 1 is 1.22 bits per heavy atom. The van der Waals surface area contributed by atoms with Crippen molar-refractivity contribution in [3.63, 3.8) is 0 Å². The van der Waals surface area contributed by atoms with Crippen LogP contribution in [0, 0.1) is 0 Å². The van der Waals surface area contributed by atoms with Crippen LogP contribution in [-0.2, 0) is 19.8 Å². The largest absolute Gasteiger partial charge is 0.480 e. The van der Waals surface area contributed by atoms with Gasteiger partial charge in [0.15, 0.2) is 0 Å². The maximum Gasteiger partial charge on any atom is 0.339 e. The van der Waals surface area contributed by atoms with Crippen molar-refractivity contribution in [3.8, 4) is 5.75 Å². The van der Waals surface area contributed by atoms with Crippen LogP contribution in [-0.4, -0.2) is 54.5 Å². The van der Waals surface area contributed by atoms with Crippen molar-refractivity contribution in [1.82, 2.24) is 10.2 Å².